The summed E-state index contributed by atoms with van der Waals surface area (Å²) in [6.07, 6.45) is 6.33. The van der Waals surface area contributed by atoms with E-state index in [9.17, 15) is 5.11 Å². The van der Waals surface area contributed by atoms with Crippen molar-refractivity contribution in [1.29, 1.82) is 0 Å². The van der Waals surface area contributed by atoms with E-state index >= 15 is 0 Å². The van der Waals surface area contributed by atoms with Crippen LogP contribution in [-0.4, -0.2) is 27.2 Å². The molecule has 2 rings (SSSR count). The summed E-state index contributed by atoms with van der Waals surface area (Å²) >= 11 is 0. The molecule has 1 aromatic rings. The highest BCUT2D eigenvalue weighted by Gasteiger charge is 2.24. The van der Waals surface area contributed by atoms with E-state index in [0.29, 0.717) is 6.54 Å². The molecule has 1 heterocycles. The van der Waals surface area contributed by atoms with Crippen LogP contribution in [0, 0.1) is 0 Å². The number of nitrogens with one attached hydrogen (secondary N) is 1. The highest BCUT2D eigenvalue weighted by Crippen LogP contribution is 2.18. The minimum absolute atomic E-state index is 0.196. The first-order valence-corrected chi connectivity index (χ1v) is 5.03. The van der Waals surface area contributed by atoms with Crippen LogP contribution in [0.25, 0.3) is 0 Å². The van der Waals surface area contributed by atoms with Gasteiger partial charge in [0.1, 0.15) is 5.82 Å². The molecule has 0 unspecified atom stereocenters. The van der Waals surface area contributed by atoms with Crippen LogP contribution >= 0.6 is 0 Å². The van der Waals surface area contributed by atoms with Gasteiger partial charge >= 0.3 is 0 Å². The highest BCUT2D eigenvalue weighted by atomic mass is 16.3. The Morgan fingerprint density at radius 1 is 1.36 bits per heavy atom. The van der Waals surface area contributed by atoms with Crippen LogP contribution in [0.2, 0.25) is 0 Å². The number of aromatic nitrogens is 2. The summed E-state index contributed by atoms with van der Waals surface area (Å²) in [7, 11) is 0. The van der Waals surface area contributed by atoms with Gasteiger partial charge < -0.3 is 10.4 Å². The van der Waals surface area contributed by atoms with Crippen LogP contribution in [0.3, 0.4) is 0 Å². The zero-order valence-corrected chi connectivity index (χ0v) is 8.06. The number of nitrogens with zero attached hydrogens (tertiary/aromatic N) is 2. The van der Waals surface area contributed by atoms with Crippen LogP contribution in [0.1, 0.15) is 25.1 Å². The standard InChI is InChI=1S/C10H15N3O/c14-9-4-1-3-8(9)13-7-10-11-5-2-6-12-10/h2,5-6,8-9,13-14H,1,3-4,7H2/t8-,9-/m1/s1. The monoisotopic (exact) mass is 193 g/mol. The first-order valence-electron chi connectivity index (χ1n) is 5.03. The maximum atomic E-state index is 9.56. The van der Waals surface area contributed by atoms with E-state index in [-0.39, 0.29) is 12.1 Å². The topological polar surface area (TPSA) is 58.0 Å². The quantitative estimate of drug-likeness (QED) is 0.733. The molecule has 0 spiro atoms. The zero-order chi connectivity index (χ0) is 9.80. The summed E-state index contributed by atoms with van der Waals surface area (Å²) in [5.74, 6) is 0.784. The van der Waals surface area contributed by atoms with Gasteiger partial charge in [-0.25, -0.2) is 9.97 Å². The molecule has 0 bridgehead atoms. The fraction of sp³-hybridized carbons (Fsp3) is 0.600. The second-order valence-electron chi connectivity index (χ2n) is 3.65. The number of rotatable bonds is 3. The van der Waals surface area contributed by atoms with Crippen LogP contribution in [0.15, 0.2) is 18.5 Å². The van der Waals surface area contributed by atoms with Crippen molar-refractivity contribution in [2.75, 3.05) is 0 Å². The van der Waals surface area contributed by atoms with Crippen LogP contribution in [-0.2, 0) is 6.54 Å². The first kappa shape index (κ1) is 9.55. The predicted octanol–water partition coefficient (Wildman–Crippen LogP) is 0.480. The van der Waals surface area contributed by atoms with Crippen molar-refractivity contribution in [3.8, 4) is 0 Å². The van der Waals surface area contributed by atoms with Crippen molar-refractivity contribution >= 4 is 0 Å². The van der Waals surface area contributed by atoms with Gasteiger partial charge in [0.15, 0.2) is 0 Å². The van der Waals surface area contributed by atoms with Gasteiger partial charge in [0.05, 0.1) is 12.6 Å². The Balaban J connectivity index is 1.82. The van der Waals surface area contributed by atoms with Crippen LogP contribution in [0.4, 0.5) is 0 Å². The molecule has 4 nitrogen and oxygen atoms in total. The molecule has 0 amide bonds. The molecule has 0 radical (unpaired) electrons. The molecule has 1 saturated carbocycles. The summed E-state index contributed by atoms with van der Waals surface area (Å²) in [6, 6.07) is 2.02. The molecule has 4 heteroatoms. The number of aliphatic hydroxyl groups excluding tert-OH is 1. The third kappa shape index (κ3) is 2.27. The van der Waals surface area contributed by atoms with Gasteiger partial charge in [-0.05, 0) is 25.3 Å². The summed E-state index contributed by atoms with van der Waals surface area (Å²) < 4.78 is 0. The number of aliphatic hydroxyl groups is 1. The molecule has 0 aliphatic heterocycles. The van der Waals surface area contributed by atoms with Crippen LogP contribution < -0.4 is 5.32 Å². The lowest BCUT2D eigenvalue weighted by molar-refractivity contribution is 0.148. The summed E-state index contributed by atoms with van der Waals surface area (Å²) in [6.45, 7) is 0.641. The van der Waals surface area contributed by atoms with Crippen LogP contribution in [0.5, 0.6) is 0 Å². The Labute approximate surface area is 83.4 Å². The Morgan fingerprint density at radius 3 is 2.79 bits per heavy atom. The van der Waals surface area contributed by atoms with Crippen molar-refractivity contribution in [2.45, 2.75) is 38.0 Å². The van der Waals surface area contributed by atoms with E-state index in [1.165, 1.54) is 0 Å². The molecular formula is C10H15N3O. The Morgan fingerprint density at radius 2 is 2.14 bits per heavy atom. The maximum Gasteiger partial charge on any atom is 0.141 e. The zero-order valence-electron chi connectivity index (χ0n) is 8.06. The average molecular weight is 193 g/mol. The third-order valence-corrected chi connectivity index (χ3v) is 2.62. The van der Waals surface area contributed by atoms with Gasteiger partial charge in [0.25, 0.3) is 0 Å². The molecule has 0 aromatic carbocycles. The Hall–Kier alpha value is -1.00. The fourth-order valence-corrected chi connectivity index (χ4v) is 1.82. The van der Waals surface area contributed by atoms with Crippen molar-refractivity contribution in [3.63, 3.8) is 0 Å². The van der Waals surface area contributed by atoms with Gasteiger partial charge in [-0.3, -0.25) is 0 Å². The summed E-state index contributed by atoms with van der Waals surface area (Å²) in [5, 5.41) is 12.8. The lowest BCUT2D eigenvalue weighted by atomic mass is 10.2. The van der Waals surface area contributed by atoms with Crippen molar-refractivity contribution in [2.24, 2.45) is 0 Å². The molecule has 1 aliphatic carbocycles. The van der Waals surface area contributed by atoms with E-state index in [1.54, 1.807) is 18.5 Å². The van der Waals surface area contributed by atoms with E-state index in [4.69, 9.17) is 0 Å². The second-order valence-corrected chi connectivity index (χ2v) is 3.65. The minimum atomic E-state index is -0.196. The molecule has 1 aromatic heterocycles. The minimum Gasteiger partial charge on any atom is -0.392 e. The molecule has 2 atom stereocenters. The Bertz CT molecular complexity index is 278. The molecule has 76 valence electrons. The normalized spacial score (nSPS) is 26.6. The predicted molar refractivity (Wildman–Crippen MR) is 52.5 cm³/mol. The Kier molecular flexibility index (Phi) is 3.06. The second kappa shape index (κ2) is 4.48. The smallest absolute Gasteiger partial charge is 0.141 e. The van der Waals surface area contributed by atoms with Gasteiger partial charge in [-0.2, -0.15) is 0 Å². The van der Waals surface area contributed by atoms with E-state index in [2.05, 4.69) is 15.3 Å². The lowest BCUT2D eigenvalue weighted by Crippen LogP contribution is -2.35. The molecular weight excluding hydrogens is 178 g/mol. The third-order valence-electron chi connectivity index (χ3n) is 2.62. The molecule has 1 fully saturated rings. The van der Waals surface area contributed by atoms with Gasteiger partial charge in [-0.1, -0.05) is 0 Å². The molecule has 14 heavy (non-hydrogen) atoms. The summed E-state index contributed by atoms with van der Waals surface area (Å²) in [4.78, 5) is 8.22. The first-order chi connectivity index (χ1) is 6.86. The largest absolute Gasteiger partial charge is 0.392 e. The highest BCUT2D eigenvalue weighted by molar-refractivity contribution is 4.90. The average Bonchev–Trinajstić information content (AvgIpc) is 2.63. The molecule has 2 N–H and O–H groups in total. The van der Waals surface area contributed by atoms with Gasteiger partial charge in [0.2, 0.25) is 0 Å². The number of hydrogen-bond donors (Lipinski definition) is 2. The van der Waals surface area contributed by atoms with Gasteiger partial charge in [-0.15, -0.1) is 0 Å². The maximum absolute atomic E-state index is 9.56. The van der Waals surface area contributed by atoms with Crippen molar-refractivity contribution in [3.05, 3.63) is 24.3 Å². The van der Waals surface area contributed by atoms with E-state index in [0.717, 1.165) is 25.1 Å². The number of hydrogen-bond acceptors (Lipinski definition) is 4. The van der Waals surface area contributed by atoms with Crippen molar-refractivity contribution < 1.29 is 5.11 Å². The molecule has 1 aliphatic rings. The SMILES string of the molecule is O[C@@H]1CCC[C@H]1NCc1ncccn1. The van der Waals surface area contributed by atoms with Crippen molar-refractivity contribution in [1.82, 2.24) is 15.3 Å². The van der Waals surface area contributed by atoms with E-state index < -0.39 is 0 Å². The summed E-state index contributed by atoms with van der Waals surface area (Å²) in [5.41, 5.74) is 0. The van der Waals surface area contributed by atoms with E-state index in [1.807, 2.05) is 0 Å². The fourth-order valence-electron chi connectivity index (χ4n) is 1.82. The lowest BCUT2D eigenvalue weighted by Gasteiger charge is -2.15. The molecule has 0 saturated heterocycles. The van der Waals surface area contributed by atoms with Gasteiger partial charge in [0, 0.05) is 18.4 Å².